The first-order chi connectivity index (χ1) is 31.2. The van der Waals surface area contributed by atoms with E-state index in [1.165, 1.54) is 49.6 Å². The molecular weight excluding hydrogens is 765 g/mol. The van der Waals surface area contributed by atoms with Crippen molar-refractivity contribution in [1.82, 2.24) is 4.57 Å². The van der Waals surface area contributed by atoms with E-state index in [-0.39, 0.29) is 0 Å². The molecule has 0 amide bonds. The first kappa shape index (κ1) is 36.5. The third-order valence-corrected chi connectivity index (χ3v) is 12.4. The van der Waals surface area contributed by atoms with Crippen LogP contribution in [0.1, 0.15) is 0 Å². The number of anilines is 3. The van der Waals surface area contributed by atoms with Crippen LogP contribution in [0, 0.1) is 0 Å². The van der Waals surface area contributed by atoms with Gasteiger partial charge in [-0.1, -0.05) is 146 Å². The molecule has 12 rings (SSSR count). The van der Waals surface area contributed by atoms with Crippen LogP contribution in [0.2, 0.25) is 0 Å². The minimum Gasteiger partial charge on any atom is -0.456 e. The second-order valence-corrected chi connectivity index (χ2v) is 16.2. The number of hydrogen-bond acceptors (Lipinski definition) is 2. The van der Waals surface area contributed by atoms with Crippen LogP contribution in [-0.2, 0) is 0 Å². The van der Waals surface area contributed by atoms with Crippen LogP contribution >= 0.6 is 0 Å². The van der Waals surface area contributed by atoms with Crippen molar-refractivity contribution in [3.63, 3.8) is 0 Å². The molecule has 0 aliphatic rings. The molecule has 0 aliphatic carbocycles. The quantitative estimate of drug-likeness (QED) is 0.153. The molecule has 3 nitrogen and oxygen atoms in total. The molecule has 0 saturated heterocycles. The lowest BCUT2D eigenvalue weighted by molar-refractivity contribution is 0.669. The van der Waals surface area contributed by atoms with Crippen molar-refractivity contribution in [2.45, 2.75) is 0 Å². The predicted octanol–water partition coefficient (Wildman–Crippen LogP) is 16.8. The Kier molecular flexibility index (Phi) is 8.83. The van der Waals surface area contributed by atoms with Crippen LogP contribution < -0.4 is 4.90 Å². The predicted molar refractivity (Wildman–Crippen MR) is 264 cm³/mol. The molecule has 2 heterocycles. The summed E-state index contributed by atoms with van der Waals surface area (Å²) >= 11 is 0. The number of nitrogens with zero attached hydrogens (tertiary/aromatic N) is 2. The molecule has 3 heteroatoms. The van der Waals surface area contributed by atoms with E-state index in [9.17, 15) is 0 Å². The summed E-state index contributed by atoms with van der Waals surface area (Å²) < 4.78 is 8.65. The minimum absolute atomic E-state index is 0.896. The smallest absolute Gasteiger partial charge is 0.136 e. The van der Waals surface area contributed by atoms with Crippen LogP contribution in [-0.4, -0.2) is 4.57 Å². The Hall–Kier alpha value is -8.40. The monoisotopic (exact) mass is 804 g/mol. The topological polar surface area (TPSA) is 21.3 Å². The zero-order valence-corrected chi connectivity index (χ0v) is 34.4. The van der Waals surface area contributed by atoms with Crippen molar-refractivity contribution in [1.29, 1.82) is 0 Å². The molecule has 0 aliphatic heterocycles. The maximum Gasteiger partial charge on any atom is 0.136 e. The van der Waals surface area contributed by atoms with E-state index in [1.54, 1.807) is 0 Å². The van der Waals surface area contributed by atoms with E-state index in [2.05, 4.69) is 240 Å². The highest BCUT2D eigenvalue weighted by Gasteiger charge is 2.19. The van der Waals surface area contributed by atoms with Crippen molar-refractivity contribution in [3.8, 4) is 50.2 Å². The number of hydrogen-bond donors (Lipinski definition) is 0. The fourth-order valence-corrected chi connectivity index (χ4v) is 9.30. The molecular formula is C60H40N2O. The van der Waals surface area contributed by atoms with E-state index in [0.29, 0.717) is 0 Å². The Balaban J connectivity index is 0.981. The van der Waals surface area contributed by atoms with Gasteiger partial charge in [-0.25, -0.2) is 0 Å². The fourth-order valence-electron chi connectivity index (χ4n) is 9.30. The minimum atomic E-state index is 0.896. The van der Waals surface area contributed by atoms with Gasteiger partial charge in [0.2, 0.25) is 0 Å². The molecule has 2 aromatic heterocycles. The zero-order chi connectivity index (χ0) is 41.7. The summed E-state index contributed by atoms with van der Waals surface area (Å²) in [7, 11) is 0. The van der Waals surface area contributed by atoms with E-state index in [0.717, 1.165) is 61.4 Å². The highest BCUT2D eigenvalue weighted by Crippen LogP contribution is 2.42. The van der Waals surface area contributed by atoms with Crippen LogP contribution in [0.15, 0.2) is 247 Å². The molecule has 0 unspecified atom stereocenters. The number of rotatable bonds is 8. The number of furan rings is 1. The van der Waals surface area contributed by atoms with Gasteiger partial charge in [-0.2, -0.15) is 0 Å². The Morgan fingerprint density at radius 3 is 1.37 bits per heavy atom. The maximum absolute atomic E-state index is 6.28. The second-order valence-electron chi connectivity index (χ2n) is 16.2. The molecule has 0 N–H and O–H groups in total. The lowest BCUT2D eigenvalue weighted by Gasteiger charge is -2.26. The van der Waals surface area contributed by atoms with Crippen LogP contribution in [0.5, 0.6) is 0 Å². The van der Waals surface area contributed by atoms with Gasteiger partial charge in [-0.15, -0.1) is 0 Å². The first-order valence-corrected chi connectivity index (χ1v) is 21.5. The summed E-state index contributed by atoms with van der Waals surface area (Å²) in [4.78, 5) is 2.37. The standard InChI is InChI=1S/C60H40N2O/c1-4-14-41(15-5-1)46-36-47(42-16-6-2-7-17-42)38-48(37-46)44-26-31-51(32-27-44)61(50-29-24-43(25-30-50)45-28-34-55-54-21-11-13-23-59(54)63-60(55)39-45)52-33-35-58-56(40-52)53-20-10-12-22-57(53)62(58)49-18-8-3-9-19-49/h1-40H. The van der Waals surface area contributed by atoms with Crippen molar-refractivity contribution < 1.29 is 4.42 Å². The van der Waals surface area contributed by atoms with E-state index < -0.39 is 0 Å². The maximum atomic E-state index is 6.28. The van der Waals surface area contributed by atoms with E-state index >= 15 is 0 Å². The van der Waals surface area contributed by atoms with Gasteiger partial charge in [0, 0.05) is 44.3 Å². The largest absolute Gasteiger partial charge is 0.456 e. The van der Waals surface area contributed by atoms with Gasteiger partial charge >= 0.3 is 0 Å². The number of fused-ring (bicyclic) bond motifs is 6. The lowest BCUT2D eigenvalue weighted by atomic mass is 9.93. The molecule has 0 spiro atoms. The van der Waals surface area contributed by atoms with Gasteiger partial charge in [-0.05, 0) is 142 Å². The molecule has 0 fully saturated rings. The SMILES string of the molecule is c1ccc(-c2cc(-c3ccccc3)cc(-c3ccc(N(c4ccc(-c5ccc6c(c5)oc5ccccc56)cc4)c4ccc5c(c4)c4ccccc4n5-c4ccccc4)cc3)c2)cc1. The van der Waals surface area contributed by atoms with Gasteiger partial charge in [0.05, 0.1) is 11.0 Å². The van der Waals surface area contributed by atoms with Crippen molar-refractivity contribution in [2.75, 3.05) is 4.90 Å². The van der Waals surface area contributed by atoms with Gasteiger partial charge in [-0.3, -0.25) is 0 Å². The summed E-state index contributed by atoms with van der Waals surface area (Å²) in [6.07, 6.45) is 0. The lowest BCUT2D eigenvalue weighted by Crippen LogP contribution is -2.10. The summed E-state index contributed by atoms with van der Waals surface area (Å²) in [6.45, 7) is 0. The highest BCUT2D eigenvalue weighted by atomic mass is 16.3. The molecule has 63 heavy (non-hydrogen) atoms. The normalized spacial score (nSPS) is 11.5. The van der Waals surface area contributed by atoms with E-state index in [1.807, 2.05) is 12.1 Å². The summed E-state index contributed by atoms with van der Waals surface area (Å²) in [6, 6.07) is 87.2. The molecule has 10 aromatic carbocycles. The van der Waals surface area contributed by atoms with Crippen LogP contribution in [0.25, 0.3) is 93.9 Å². The van der Waals surface area contributed by atoms with Crippen molar-refractivity contribution in [2.24, 2.45) is 0 Å². The highest BCUT2D eigenvalue weighted by molar-refractivity contribution is 6.11. The fraction of sp³-hybridized carbons (Fsp3) is 0. The van der Waals surface area contributed by atoms with E-state index in [4.69, 9.17) is 4.42 Å². The van der Waals surface area contributed by atoms with Crippen molar-refractivity contribution >= 4 is 60.8 Å². The van der Waals surface area contributed by atoms with Gasteiger partial charge in [0.25, 0.3) is 0 Å². The molecule has 296 valence electrons. The van der Waals surface area contributed by atoms with Crippen LogP contribution in [0.3, 0.4) is 0 Å². The number of para-hydroxylation sites is 3. The van der Waals surface area contributed by atoms with Gasteiger partial charge in [0.15, 0.2) is 0 Å². The molecule has 0 atom stereocenters. The van der Waals surface area contributed by atoms with Crippen LogP contribution in [0.4, 0.5) is 17.1 Å². The average molecular weight is 805 g/mol. The second kappa shape index (κ2) is 15.3. The third kappa shape index (κ3) is 6.55. The molecule has 12 aromatic rings. The number of benzene rings is 10. The Morgan fingerprint density at radius 2 is 0.730 bits per heavy atom. The van der Waals surface area contributed by atoms with Crippen molar-refractivity contribution in [3.05, 3.63) is 243 Å². The summed E-state index contributed by atoms with van der Waals surface area (Å²) in [5, 5.41) is 4.70. The molecule has 0 saturated carbocycles. The van der Waals surface area contributed by atoms with Gasteiger partial charge < -0.3 is 13.9 Å². The van der Waals surface area contributed by atoms with Gasteiger partial charge in [0.1, 0.15) is 11.2 Å². The molecule has 0 radical (unpaired) electrons. The number of aromatic nitrogens is 1. The zero-order valence-electron chi connectivity index (χ0n) is 34.4. The Labute approximate surface area is 366 Å². The first-order valence-electron chi connectivity index (χ1n) is 21.5. The average Bonchev–Trinajstić information content (AvgIpc) is 3.90. The Morgan fingerprint density at radius 1 is 0.270 bits per heavy atom. The summed E-state index contributed by atoms with van der Waals surface area (Å²) in [5.41, 5.74) is 17.9. The molecule has 0 bridgehead atoms. The summed E-state index contributed by atoms with van der Waals surface area (Å²) in [5.74, 6) is 0. The third-order valence-electron chi connectivity index (χ3n) is 12.4. The Bertz CT molecular complexity index is 3530.